The van der Waals surface area contributed by atoms with E-state index in [9.17, 15) is 14.3 Å². The molecule has 0 aromatic heterocycles. The number of rotatable bonds is 6. The van der Waals surface area contributed by atoms with Gasteiger partial charge in [-0.05, 0) is 52.3 Å². The molecule has 0 atom stereocenters. The highest BCUT2D eigenvalue weighted by Gasteiger charge is 2.23. The zero-order valence-electron chi connectivity index (χ0n) is 14.5. The van der Waals surface area contributed by atoms with E-state index in [1.807, 2.05) is 34.6 Å². The molecule has 0 radical (unpaired) electrons. The van der Waals surface area contributed by atoms with Crippen molar-refractivity contribution < 1.29 is 19.0 Å². The van der Waals surface area contributed by atoms with E-state index < -0.39 is 11.4 Å². The number of phenolic OH excluding ortho intramolecular Hbond substituents is 1. The quantitative estimate of drug-likeness (QED) is 0.788. The van der Waals surface area contributed by atoms with Crippen LogP contribution in [0.1, 0.15) is 40.2 Å². The lowest BCUT2D eigenvalue weighted by Crippen LogP contribution is -2.44. The number of carbonyl (C=O) groups is 1. The molecule has 6 heteroatoms. The van der Waals surface area contributed by atoms with Crippen molar-refractivity contribution in [2.24, 2.45) is 0 Å². The summed E-state index contributed by atoms with van der Waals surface area (Å²) in [7, 11) is 0. The van der Waals surface area contributed by atoms with Gasteiger partial charge in [-0.1, -0.05) is 0 Å². The molecule has 0 aliphatic rings. The van der Waals surface area contributed by atoms with Gasteiger partial charge in [-0.25, -0.2) is 9.18 Å². The molecule has 1 amide bonds. The number of benzene rings is 1. The van der Waals surface area contributed by atoms with Crippen LogP contribution in [0.5, 0.6) is 5.75 Å². The van der Waals surface area contributed by atoms with Gasteiger partial charge in [0.15, 0.2) is 0 Å². The van der Waals surface area contributed by atoms with Crippen molar-refractivity contribution in [3.05, 3.63) is 29.6 Å². The summed E-state index contributed by atoms with van der Waals surface area (Å²) in [6.45, 7) is 10.8. The van der Waals surface area contributed by atoms with Crippen molar-refractivity contribution in [1.82, 2.24) is 10.2 Å². The smallest absolute Gasteiger partial charge is 0.410 e. The Kier molecular flexibility index (Phi) is 6.81. The van der Waals surface area contributed by atoms with Gasteiger partial charge in [0.05, 0.1) is 0 Å². The number of phenols is 1. The monoisotopic (exact) mass is 326 g/mol. The van der Waals surface area contributed by atoms with Crippen molar-refractivity contribution in [1.29, 1.82) is 0 Å². The second-order valence-corrected chi connectivity index (χ2v) is 6.76. The fourth-order valence-electron chi connectivity index (χ4n) is 2.05. The topological polar surface area (TPSA) is 61.8 Å². The van der Waals surface area contributed by atoms with Gasteiger partial charge in [-0.15, -0.1) is 0 Å². The lowest BCUT2D eigenvalue weighted by atomic mass is 10.2. The Hall–Kier alpha value is -1.82. The van der Waals surface area contributed by atoms with Gasteiger partial charge in [0.1, 0.15) is 17.2 Å². The fourth-order valence-corrected chi connectivity index (χ4v) is 2.05. The largest absolute Gasteiger partial charge is 0.508 e. The zero-order chi connectivity index (χ0) is 17.6. The van der Waals surface area contributed by atoms with Crippen LogP contribution < -0.4 is 5.32 Å². The third-order valence-corrected chi connectivity index (χ3v) is 3.05. The first-order valence-electron chi connectivity index (χ1n) is 7.77. The SMILES string of the molecule is CC(C)N(CCNCc1cc(O)cc(F)c1)C(=O)OC(C)(C)C. The molecule has 130 valence electrons. The molecule has 23 heavy (non-hydrogen) atoms. The second kappa shape index (κ2) is 8.15. The number of hydrogen-bond donors (Lipinski definition) is 2. The predicted octanol–water partition coefficient (Wildman–Crippen LogP) is 3.27. The van der Waals surface area contributed by atoms with Crippen LogP contribution in [0.3, 0.4) is 0 Å². The third-order valence-electron chi connectivity index (χ3n) is 3.05. The molecule has 0 aliphatic heterocycles. The van der Waals surface area contributed by atoms with Crippen molar-refractivity contribution in [2.45, 2.75) is 52.8 Å². The second-order valence-electron chi connectivity index (χ2n) is 6.76. The van der Waals surface area contributed by atoms with Gasteiger partial charge in [-0.2, -0.15) is 0 Å². The number of aromatic hydroxyl groups is 1. The molecular weight excluding hydrogens is 299 g/mol. The number of nitrogens with zero attached hydrogens (tertiary/aromatic N) is 1. The van der Waals surface area contributed by atoms with E-state index in [2.05, 4.69) is 5.32 Å². The Morgan fingerprint density at radius 3 is 2.52 bits per heavy atom. The van der Waals surface area contributed by atoms with Crippen LogP contribution in [-0.4, -0.2) is 40.8 Å². The highest BCUT2D eigenvalue weighted by molar-refractivity contribution is 5.68. The molecule has 0 aliphatic carbocycles. The van der Waals surface area contributed by atoms with E-state index in [4.69, 9.17) is 4.74 Å². The summed E-state index contributed by atoms with van der Waals surface area (Å²) in [6, 6.07) is 3.95. The van der Waals surface area contributed by atoms with Crippen molar-refractivity contribution >= 4 is 6.09 Å². The molecular formula is C17H27FN2O3. The van der Waals surface area contributed by atoms with Gasteiger partial charge in [0.25, 0.3) is 0 Å². The van der Waals surface area contributed by atoms with Crippen LogP contribution in [0, 0.1) is 5.82 Å². The summed E-state index contributed by atoms with van der Waals surface area (Å²) in [5.41, 5.74) is 0.118. The van der Waals surface area contributed by atoms with Crippen LogP contribution in [0.4, 0.5) is 9.18 Å². The van der Waals surface area contributed by atoms with E-state index in [0.717, 1.165) is 6.07 Å². The molecule has 0 saturated carbocycles. The third kappa shape index (κ3) is 7.32. The Bertz CT molecular complexity index is 507. The number of amides is 1. The minimum Gasteiger partial charge on any atom is -0.508 e. The Balaban J connectivity index is 2.48. The van der Waals surface area contributed by atoms with Crippen LogP contribution >= 0.6 is 0 Å². The van der Waals surface area contributed by atoms with Crippen molar-refractivity contribution in [3.8, 4) is 5.75 Å². The molecule has 1 rings (SSSR count). The number of nitrogens with one attached hydrogen (secondary N) is 1. The number of carbonyl (C=O) groups excluding carboxylic acids is 1. The maximum absolute atomic E-state index is 13.2. The van der Waals surface area contributed by atoms with Crippen molar-refractivity contribution in [2.75, 3.05) is 13.1 Å². The minimum atomic E-state index is -0.531. The average Bonchev–Trinajstić information content (AvgIpc) is 2.34. The van der Waals surface area contributed by atoms with Crippen LogP contribution in [0.2, 0.25) is 0 Å². The molecule has 0 fully saturated rings. The summed E-state index contributed by atoms with van der Waals surface area (Å²) >= 11 is 0. The van der Waals surface area contributed by atoms with Gasteiger partial charge >= 0.3 is 6.09 Å². The Labute approximate surface area is 137 Å². The van der Waals surface area contributed by atoms with Gasteiger partial charge in [0, 0.05) is 31.7 Å². The molecule has 0 spiro atoms. The Morgan fingerprint density at radius 1 is 1.35 bits per heavy atom. The molecule has 0 bridgehead atoms. The van der Waals surface area contributed by atoms with Gasteiger partial charge < -0.3 is 20.1 Å². The summed E-state index contributed by atoms with van der Waals surface area (Å²) < 4.78 is 18.6. The number of halogens is 1. The van der Waals surface area contributed by atoms with Crippen LogP contribution in [0.15, 0.2) is 18.2 Å². The van der Waals surface area contributed by atoms with E-state index in [0.29, 0.717) is 25.2 Å². The number of hydrogen-bond acceptors (Lipinski definition) is 4. The summed E-state index contributed by atoms with van der Waals surface area (Å²) in [5.74, 6) is -0.571. The normalized spacial score (nSPS) is 11.6. The standard InChI is InChI=1S/C17H27FN2O3/c1-12(2)20(16(22)23-17(3,4)5)7-6-19-11-13-8-14(18)10-15(21)9-13/h8-10,12,19,21H,6-7,11H2,1-5H3. The lowest BCUT2D eigenvalue weighted by Gasteiger charge is -2.30. The van der Waals surface area contributed by atoms with Gasteiger partial charge in [-0.3, -0.25) is 0 Å². The first kappa shape index (κ1) is 19.2. The Morgan fingerprint density at radius 2 is 2.00 bits per heavy atom. The molecule has 0 unspecified atom stereocenters. The maximum atomic E-state index is 13.2. The van der Waals surface area contributed by atoms with E-state index in [-0.39, 0.29) is 17.9 Å². The van der Waals surface area contributed by atoms with E-state index in [1.54, 1.807) is 4.90 Å². The molecule has 1 aromatic rings. The average molecular weight is 326 g/mol. The first-order chi connectivity index (χ1) is 10.6. The van der Waals surface area contributed by atoms with E-state index in [1.165, 1.54) is 12.1 Å². The molecule has 1 aromatic carbocycles. The molecule has 5 nitrogen and oxygen atoms in total. The summed E-state index contributed by atoms with van der Waals surface area (Å²) in [4.78, 5) is 13.8. The van der Waals surface area contributed by atoms with Crippen molar-refractivity contribution in [3.63, 3.8) is 0 Å². The molecule has 0 heterocycles. The predicted molar refractivity (Wildman–Crippen MR) is 87.8 cm³/mol. The fraction of sp³-hybridized carbons (Fsp3) is 0.588. The lowest BCUT2D eigenvalue weighted by molar-refractivity contribution is 0.0193. The first-order valence-corrected chi connectivity index (χ1v) is 7.77. The molecule has 2 N–H and O–H groups in total. The molecule has 0 saturated heterocycles. The summed E-state index contributed by atoms with van der Waals surface area (Å²) in [6.07, 6.45) is -0.349. The maximum Gasteiger partial charge on any atom is 0.410 e. The minimum absolute atomic E-state index is 0.0184. The summed E-state index contributed by atoms with van der Waals surface area (Å²) in [5, 5.41) is 12.5. The van der Waals surface area contributed by atoms with Crippen LogP contribution in [0.25, 0.3) is 0 Å². The highest BCUT2D eigenvalue weighted by Crippen LogP contribution is 2.14. The zero-order valence-corrected chi connectivity index (χ0v) is 14.5. The van der Waals surface area contributed by atoms with Crippen LogP contribution in [-0.2, 0) is 11.3 Å². The van der Waals surface area contributed by atoms with E-state index >= 15 is 0 Å². The number of ether oxygens (including phenoxy) is 1. The van der Waals surface area contributed by atoms with Gasteiger partial charge in [0.2, 0.25) is 0 Å². The highest BCUT2D eigenvalue weighted by atomic mass is 19.1.